The number of nitrogens with zero attached hydrogens (tertiary/aromatic N) is 1. The maximum atomic E-state index is 12.9. The van der Waals surface area contributed by atoms with Gasteiger partial charge in [-0.3, -0.25) is 4.90 Å². The van der Waals surface area contributed by atoms with Crippen LogP contribution in [0.25, 0.3) is 0 Å². The van der Waals surface area contributed by atoms with Gasteiger partial charge in [0.25, 0.3) is 0 Å². The Kier molecular flexibility index (Phi) is 4.78. The van der Waals surface area contributed by atoms with Gasteiger partial charge >= 0.3 is 6.18 Å². The van der Waals surface area contributed by atoms with Gasteiger partial charge in [0, 0.05) is 32.2 Å². The van der Waals surface area contributed by atoms with Crippen LogP contribution in [0.2, 0.25) is 0 Å². The fourth-order valence-corrected chi connectivity index (χ4v) is 2.85. The summed E-state index contributed by atoms with van der Waals surface area (Å²) in [5, 5.41) is 13.0. The minimum atomic E-state index is -4.21. The molecule has 0 aliphatic carbocycles. The fraction of sp³-hybridized carbons (Fsp3) is 0.600. The van der Waals surface area contributed by atoms with Crippen LogP contribution in [0, 0.1) is 13.8 Å². The average Bonchev–Trinajstić information content (AvgIpc) is 2.41. The van der Waals surface area contributed by atoms with Gasteiger partial charge in [-0.2, -0.15) is 13.2 Å². The first-order valence-corrected chi connectivity index (χ1v) is 7.09. The number of halogens is 3. The summed E-state index contributed by atoms with van der Waals surface area (Å²) in [6, 6.07) is 2.65. The van der Waals surface area contributed by atoms with Gasteiger partial charge < -0.3 is 10.4 Å². The Morgan fingerprint density at radius 2 is 1.71 bits per heavy atom. The lowest BCUT2D eigenvalue weighted by Gasteiger charge is -2.36. The number of benzene rings is 1. The number of phenols is 1. The first-order chi connectivity index (χ1) is 9.78. The quantitative estimate of drug-likeness (QED) is 0.901. The van der Waals surface area contributed by atoms with Gasteiger partial charge in [0.2, 0.25) is 0 Å². The van der Waals surface area contributed by atoms with E-state index in [0.29, 0.717) is 42.9 Å². The zero-order chi connectivity index (χ0) is 15.6. The van der Waals surface area contributed by atoms with E-state index in [9.17, 15) is 18.3 Å². The summed E-state index contributed by atoms with van der Waals surface area (Å²) in [7, 11) is 0. The molecular formula is C15H21F3N2O. The minimum Gasteiger partial charge on any atom is -0.507 e. The van der Waals surface area contributed by atoms with E-state index in [-0.39, 0.29) is 5.75 Å². The highest BCUT2D eigenvalue weighted by atomic mass is 19.4. The van der Waals surface area contributed by atoms with E-state index in [4.69, 9.17) is 0 Å². The van der Waals surface area contributed by atoms with Crippen molar-refractivity contribution in [1.29, 1.82) is 0 Å². The smallest absolute Gasteiger partial charge is 0.390 e. The summed E-state index contributed by atoms with van der Waals surface area (Å²) in [5.41, 5.74) is 1.86. The van der Waals surface area contributed by atoms with Crippen LogP contribution in [0.3, 0.4) is 0 Å². The third-order valence-corrected chi connectivity index (χ3v) is 3.92. The van der Waals surface area contributed by atoms with Crippen molar-refractivity contribution in [2.45, 2.75) is 32.5 Å². The number of piperazine rings is 1. The van der Waals surface area contributed by atoms with Crippen molar-refractivity contribution in [1.82, 2.24) is 10.2 Å². The van der Waals surface area contributed by atoms with Gasteiger partial charge in [0.05, 0.1) is 6.42 Å². The number of phenolic OH excluding ortho intramolecular Hbond substituents is 1. The zero-order valence-corrected chi connectivity index (χ0v) is 12.3. The summed E-state index contributed by atoms with van der Waals surface area (Å²) in [4.78, 5) is 1.87. The molecule has 0 spiro atoms. The number of nitrogens with one attached hydrogen (secondary N) is 1. The van der Waals surface area contributed by atoms with Crippen LogP contribution < -0.4 is 5.32 Å². The second kappa shape index (κ2) is 6.23. The van der Waals surface area contributed by atoms with Crippen LogP contribution in [0.1, 0.15) is 29.2 Å². The third-order valence-electron chi connectivity index (χ3n) is 3.92. The number of aryl methyl sites for hydroxylation is 2. The molecule has 0 saturated carbocycles. The van der Waals surface area contributed by atoms with E-state index < -0.39 is 18.6 Å². The molecule has 3 nitrogen and oxygen atoms in total. The Morgan fingerprint density at radius 1 is 1.19 bits per heavy atom. The molecule has 21 heavy (non-hydrogen) atoms. The largest absolute Gasteiger partial charge is 0.507 e. The van der Waals surface area contributed by atoms with Gasteiger partial charge in [-0.05, 0) is 30.5 Å². The number of rotatable bonds is 3. The molecule has 1 aromatic rings. The van der Waals surface area contributed by atoms with Crippen molar-refractivity contribution >= 4 is 0 Å². The lowest BCUT2D eigenvalue weighted by Crippen LogP contribution is -2.46. The monoisotopic (exact) mass is 302 g/mol. The van der Waals surface area contributed by atoms with Crippen LogP contribution in [-0.2, 0) is 0 Å². The van der Waals surface area contributed by atoms with Crippen LogP contribution in [0.5, 0.6) is 5.75 Å². The maximum Gasteiger partial charge on any atom is 0.390 e. The molecule has 1 heterocycles. The van der Waals surface area contributed by atoms with Gasteiger partial charge in [-0.15, -0.1) is 0 Å². The Hall–Kier alpha value is -1.27. The molecule has 1 atom stereocenters. The molecule has 6 heteroatoms. The predicted octanol–water partition coefficient (Wildman–Crippen LogP) is 2.91. The first kappa shape index (κ1) is 16.1. The Morgan fingerprint density at radius 3 is 2.19 bits per heavy atom. The number of hydrogen-bond acceptors (Lipinski definition) is 3. The Balaban J connectivity index is 2.34. The lowest BCUT2D eigenvalue weighted by atomic mass is 9.96. The first-order valence-electron chi connectivity index (χ1n) is 7.09. The van der Waals surface area contributed by atoms with Gasteiger partial charge in [0.1, 0.15) is 5.75 Å². The van der Waals surface area contributed by atoms with E-state index in [1.54, 1.807) is 26.0 Å². The van der Waals surface area contributed by atoms with Crippen LogP contribution in [0.4, 0.5) is 13.2 Å². The topological polar surface area (TPSA) is 35.5 Å². The molecular weight excluding hydrogens is 281 g/mol. The normalized spacial score (nSPS) is 18.7. The number of alkyl halides is 3. The molecule has 118 valence electrons. The molecule has 1 aliphatic heterocycles. The molecule has 1 aromatic carbocycles. The van der Waals surface area contributed by atoms with Crippen molar-refractivity contribution in [2.24, 2.45) is 0 Å². The molecule has 1 aliphatic rings. The average molecular weight is 302 g/mol. The highest BCUT2D eigenvalue weighted by molar-refractivity contribution is 5.43. The van der Waals surface area contributed by atoms with Crippen molar-refractivity contribution in [2.75, 3.05) is 26.2 Å². The van der Waals surface area contributed by atoms with Crippen molar-refractivity contribution in [3.05, 3.63) is 28.8 Å². The molecule has 0 amide bonds. The highest BCUT2D eigenvalue weighted by Gasteiger charge is 2.36. The summed E-state index contributed by atoms with van der Waals surface area (Å²) in [6.07, 6.45) is -5.08. The lowest BCUT2D eigenvalue weighted by molar-refractivity contribution is -0.148. The second-order valence-corrected chi connectivity index (χ2v) is 5.62. The van der Waals surface area contributed by atoms with Crippen molar-refractivity contribution in [3.63, 3.8) is 0 Å². The van der Waals surface area contributed by atoms with E-state index >= 15 is 0 Å². The van der Waals surface area contributed by atoms with Crippen LogP contribution in [-0.4, -0.2) is 42.4 Å². The third kappa shape index (κ3) is 4.11. The van der Waals surface area contributed by atoms with Crippen molar-refractivity contribution in [3.8, 4) is 5.75 Å². The molecule has 0 unspecified atom stereocenters. The Bertz CT molecular complexity index is 473. The van der Waals surface area contributed by atoms with Crippen molar-refractivity contribution < 1.29 is 18.3 Å². The van der Waals surface area contributed by atoms with Gasteiger partial charge in [-0.1, -0.05) is 12.1 Å². The van der Waals surface area contributed by atoms with E-state index in [1.165, 1.54) is 0 Å². The number of hydrogen-bond donors (Lipinski definition) is 2. The van der Waals surface area contributed by atoms with Gasteiger partial charge in [0.15, 0.2) is 0 Å². The molecule has 0 bridgehead atoms. The van der Waals surface area contributed by atoms with Crippen LogP contribution in [0.15, 0.2) is 12.1 Å². The standard InChI is InChI=1S/C15H21F3N2O/c1-10-7-12(8-11(2)14(10)21)13(9-15(16,17)18)20-5-3-19-4-6-20/h7-8,13,19,21H,3-6,9H2,1-2H3/t13-/m0/s1. The zero-order valence-electron chi connectivity index (χ0n) is 12.3. The molecule has 1 fully saturated rings. The van der Waals surface area contributed by atoms with Crippen LogP contribution >= 0.6 is 0 Å². The summed E-state index contributed by atoms with van der Waals surface area (Å²) < 4.78 is 38.8. The summed E-state index contributed by atoms with van der Waals surface area (Å²) >= 11 is 0. The van der Waals surface area contributed by atoms with E-state index in [1.807, 2.05) is 4.90 Å². The van der Waals surface area contributed by atoms with E-state index in [2.05, 4.69) is 5.32 Å². The molecule has 1 saturated heterocycles. The minimum absolute atomic E-state index is 0.157. The molecule has 0 radical (unpaired) electrons. The Labute approximate surface area is 122 Å². The van der Waals surface area contributed by atoms with Gasteiger partial charge in [-0.25, -0.2) is 0 Å². The number of aromatic hydroxyl groups is 1. The SMILES string of the molecule is Cc1cc([C@H](CC(F)(F)F)N2CCNCC2)cc(C)c1O. The second-order valence-electron chi connectivity index (χ2n) is 5.62. The molecule has 2 rings (SSSR count). The predicted molar refractivity (Wildman–Crippen MR) is 75.4 cm³/mol. The summed E-state index contributed by atoms with van der Waals surface area (Å²) in [5.74, 6) is 0.157. The van der Waals surface area contributed by atoms with E-state index in [0.717, 1.165) is 0 Å². The maximum absolute atomic E-state index is 12.9. The summed E-state index contributed by atoms with van der Waals surface area (Å²) in [6.45, 7) is 6.02. The highest BCUT2D eigenvalue weighted by Crippen LogP contribution is 2.36. The fourth-order valence-electron chi connectivity index (χ4n) is 2.85. The molecule has 2 N–H and O–H groups in total. The molecule has 0 aromatic heterocycles.